The van der Waals surface area contributed by atoms with Gasteiger partial charge < -0.3 is 5.11 Å². The standard InChI is InChI=1S/C19H21ClO2/c1-13(14(2)19(3,20)18(21)22)15-9-11-17(12-10-15)16-7-5-4-6-8-16/h4-14H,1-3H3,(H,21,22). The Balaban J connectivity index is 2.22. The number of benzene rings is 2. The summed E-state index contributed by atoms with van der Waals surface area (Å²) in [4.78, 5) is 10.0. The van der Waals surface area contributed by atoms with Crippen molar-refractivity contribution in [2.45, 2.75) is 31.6 Å². The van der Waals surface area contributed by atoms with E-state index in [1.54, 1.807) is 6.92 Å². The van der Waals surface area contributed by atoms with Crippen molar-refractivity contribution in [3.63, 3.8) is 0 Å². The van der Waals surface area contributed by atoms with E-state index < -0.39 is 10.8 Å². The van der Waals surface area contributed by atoms with Crippen LogP contribution in [-0.2, 0) is 4.79 Å². The first-order valence-corrected chi connectivity index (χ1v) is 7.79. The lowest BCUT2D eigenvalue weighted by atomic mass is 9.80. The molecule has 2 aromatic carbocycles. The molecule has 0 fully saturated rings. The molecule has 2 aromatic rings. The second-order valence-corrected chi connectivity index (χ2v) is 6.73. The summed E-state index contributed by atoms with van der Waals surface area (Å²) in [7, 11) is 0. The summed E-state index contributed by atoms with van der Waals surface area (Å²) in [6.45, 7) is 5.47. The minimum Gasteiger partial charge on any atom is -0.480 e. The lowest BCUT2D eigenvalue weighted by Gasteiger charge is -2.30. The number of halogens is 1. The monoisotopic (exact) mass is 316 g/mol. The Hall–Kier alpha value is -1.80. The van der Waals surface area contributed by atoms with Crippen LogP contribution in [0.25, 0.3) is 11.1 Å². The van der Waals surface area contributed by atoms with Crippen LogP contribution in [0.5, 0.6) is 0 Å². The lowest BCUT2D eigenvalue weighted by Crippen LogP contribution is -2.38. The van der Waals surface area contributed by atoms with Gasteiger partial charge in [0.1, 0.15) is 4.87 Å². The number of rotatable bonds is 5. The average molecular weight is 317 g/mol. The van der Waals surface area contributed by atoms with Crippen molar-refractivity contribution < 1.29 is 9.90 Å². The molecule has 0 bridgehead atoms. The van der Waals surface area contributed by atoms with Gasteiger partial charge in [-0.15, -0.1) is 11.6 Å². The van der Waals surface area contributed by atoms with Crippen molar-refractivity contribution in [2.24, 2.45) is 5.92 Å². The summed E-state index contributed by atoms with van der Waals surface area (Å²) in [6.07, 6.45) is 0. The fourth-order valence-corrected chi connectivity index (χ4v) is 2.75. The maximum absolute atomic E-state index is 11.3. The van der Waals surface area contributed by atoms with E-state index in [-0.39, 0.29) is 11.8 Å². The zero-order chi connectivity index (χ0) is 16.3. The smallest absolute Gasteiger partial charge is 0.324 e. The lowest BCUT2D eigenvalue weighted by molar-refractivity contribution is -0.141. The molecule has 0 aliphatic carbocycles. The van der Waals surface area contributed by atoms with Crippen LogP contribution in [0, 0.1) is 5.92 Å². The quantitative estimate of drug-likeness (QED) is 0.772. The third-order valence-electron chi connectivity index (χ3n) is 4.57. The number of alkyl halides is 1. The number of carboxylic acid groups (broad SMARTS) is 1. The highest BCUT2D eigenvalue weighted by atomic mass is 35.5. The Kier molecular flexibility index (Phi) is 4.92. The number of carboxylic acids is 1. The highest BCUT2D eigenvalue weighted by molar-refractivity contribution is 6.33. The average Bonchev–Trinajstić information content (AvgIpc) is 2.54. The first-order valence-electron chi connectivity index (χ1n) is 7.41. The molecule has 3 unspecified atom stereocenters. The van der Waals surface area contributed by atoms with Gasteiger partial charge in [0, 0.05) is 0 Å². The predicted octanol–water partition coefficient (Wildman–Crippen LogP) is 5.18. The van der Waals surface area contributed by atoms with Crippen molar-refractivity contribution in [3.05, 3.63) is 60.2 Å². The second-order valence-electron chi connectivity index (χ2n) is 5.95. The fraction of sp³-hybridized carbons (Fsp3) is 0.316. The van der Waals surface area contributed by atoms with Crippen LogP contribution in [0.2, 0.25) is 0 Å². The Morgan fingerprint density at radius 1 is 1.00 bits per heavy atom. The van der Waals surface area contributed by atoms with Crippen molar-refractivity contribution in [1.29, 1.82) is 0 Å². The minimum atomic E-state index is -1.27. The third kappa shape index (κ3) is 3.33. The Labute approximate surface area is 136 Å². The van der Waals surface area contributed by atoms with Gasteiger partial charge in [0.2, 0.25) is 0 Å². The van der Waals surface area contributed by atoms with Crippen molar-refractivity contribution in [1.82, 2.24) is 0 Å². The molecular weight excluding hydrogens is 296 g/mol. The molecule has 22 heavy (non-hydrogen) atoms. The summed E-state index contributed by atoms with van der Waals surface area (Å²) in [5.41, 5.74) is 3.42. The third-order valence-corrected chi connectivity index (χ3v) is 5.07. The summed E-state index contributed by atoms with van der Waals surface area (Å²) < 4.78 is 0. The molecule has 3 atom stereocenters. The molecule has 0 aliphatic heterocycles. The molecule has 2 rings (SSSR count). The van der Waals surface area contributed by atoms with E-state index in [4.69, 9.17) is 11.6 Å². The largest absolute Gasteiger partial charge is 0.480 e. The highest BCUT2D eigenvalue weighted by Crippen LogP contribution is 2.37. The SMILES string of the molecule is CC(c1ccc(-c2ccccc2)cc1)C(C)C(C)(Cl)C(=O)O. The van der Waals surface area contributed by atoms with Crippen LogP contribution in [0.1, 0.15) is 32.3 Å². The second kappa shape index (κ2) is 6.53. The zero-order valence-corrected chi connectivity index (χ0v) is 13.8. The van der Waals surface area contributed by atoms with Gasteiger partial charge >= 0.3 is 5.97 Å². The van der Waals surface area contributed by atoms with Crippen LogP contribution in [0.15, 0.2) is 54.6 Å². The Bertz CT molecular complexity index is 632. The molecule has 2 nitrogen and oxygen atoms in total. The molecule has 3 heteroatoms. The molecule has 0 amide bonds. The van der Waals surface area contributed by atoms with Gasteiger partial charge in [-0.05, 0) is 35.4 Å². The molecule has 116 valence electrons. The fourth-order valence-electron chi connectivity index (χ4n) is 2.56. The molecule has 0 radical (unpaired) electrons. The summed E-state index contributed by atoms with van der Waals surface area (Å²) in [5.74, 6) is -1.10. The van der Waals surface area contributed by atoms with Gasteiger partial charge in [-0.1, -0.05) is 68.4 Å². The molecule has 0 heterocycles. The summed E-state index contributed by atoms with van der Waals surface area (Å²) in [6, 6.07) is 18.4. The highest BCUT2D eigenvalue weighted by Gasteiger charge is 2.39. The van der Waals surface area contributed by atoms with E-state index in [0.29, 0.717) is 0 Å². The van der Waals surface area contributed by atoms with Crippen LogP contribution in [0.4, 0.5) is 0 Å². The van der Waals surface area contributed by atoms with Gasteiger partial charge in [0.25, 0.3) is 0 Å². The van der Waals surface area contributed by atoms with Crippen molar-refractivity contribution in [2.75, 3.05) is 0 Å². The molecule has 0 saturated heterocycles. The van der Waals surface area contributed by atoms with Gasteiger partial charge in [-0.25, -0.2) is 0 Å². The van der Waals surface area contributed by atoms with Gasteiger partial charge in [-0.3, -0.25) is 4.79 Å². The molecule has 0 aliphatic rings. The normalized spacial score (nSPS) is 16.5. The first kappa shape index (κ1) is 16.6. The molecule has 0 aromatic heterocycles. The van der Waals surface area contributed by atoms with Gasteiger partial charge in [0.15, 0.2) is 0 Å². The van der Waals surface area contributed by atoms with Gasteiger partial charge in [0.05, 0.1) is 0 Å². The molecule has 0 spiro atoms. The molecule has 0 saturated carbocycles. The predicted molar refractivity (Wildman–Crippen MR) is 91.4 cm³/mol. The Morgan fingerprint density at radius 3 is 2.00 bits per heavy atom. The number of hydrogen-bond donors (Lipinski definition) is 1. The number of hydrogen-bond acceptors (Lipinski definition) is 1. The maximum atomic E-state index is 11.3. The van der Waals surface area contributed by atoms with E-state index in [2.05, 4.69) is 36.4 Å². The van der Waals surface area contributed by atoms with Crippen LogP contribution in [-0.4, -0.2) is 16.0 Å². The number of aliphatic carboxylic acids is 1. The van der Waals surface area contributed by atoms with Crippen LogP contribution < -0.4 is 0 Å². The van der Waals surface area contributed by atoms with Crippen LogP contribution >= 0.6 is 11.6 Å². The van der Waals surface area contributed by atoms with Crippen molar-refractivity contribution in [3.8, 4) is 11.1 Å². The first-order chi connectivity index (χ1) is 10.3. The number of carbonyl (C=O) groups is 1. The Morgan fingerprint density at radius 2 is 1.50 bits per heavy atom. The van der Waals surface area contributed by atoms with Crippen LogP contribution in [0.3, 0.4) is 0 Å². The molecule has 1 N–H and O–H groups in total. The van der Waals surface area contributed by atoms with E-state index in [0.717, 1.165) is 11.1 Å². The van der Waals surface area contributed by atoms with E-state index in [1.165, 1.54) is 5.56 Å². The van der Waals surface area contributed by atoms with Crippen molar-refractivity contribution >= 4 is 17.6 Å². The maximum Gasteiger partial charge on any atom is 0.324 e. The van der Waals surface area contributed by atoms with E-state index in [1.807, 2.05) is 32.0 Å². The summed E-state index contributed by atoms with van der Waals surface area (Å²) >= 11 is 6.19. The minimum absolute atomic E-state index is 0.0587. The molecular formula is C19H21ClO2. The zero-order valence-electron chi connectivity index (χ0n) is 13.1. The van der Waals surface area contributed by atoms with E-state index in [9.17, 15) is 9.90 Å². The topological polar surface area (TPSA) is 37.3 Å². The summed E-state index contributed by atoms with van der Waals surface area (Å²) in [5, 5.41) is 9.27. The van der Waals surface area contributed by atoms with E-state index >= 15 is 0 Å². The van der Waals surface area contributed by atoms with Gasteiger partial charge in [-0.2, -0.15) is 0 Å².